The second kappa shape index (κ2) is 6.09. The summed E-state index contributed by atoms with van der Waals surface area (Å²) < 4.78 is 28.5. The van der Waals surface area contributed by atoms with Crippen molar-refractivity contribution in [2.45, 2.75) is 10.4 Å². The highest BCUT2D eigenvalue weighted by molar-refractivity contribution is 8.01. The minimum atomic E-state index is -0.604. The second-order valence-electron chi connectivity index (χ2n) is 4.53. The maximum atomic E-state index is 13.7. The Hall–Kier alpha value is -1.50. The predicted molar refractivity (Wildman–Crippen MR) is 83.6 cm³/mol. The lowest BCUT2D eigenvalue weighted by Gasteiger charge is -2.11. The second-order valence-corrected chi connectivity index (χ2v) is 6.83. The van der Waals surface area contributed by atoms with Crippen LogP contribution in [0.15, 0.2) is 46.8 Å². The van der Waals surface area contributed by atoms with Crippen molar-refractivity contribution in [2.75, 3.05) is 5.75 Å². The van der Waals surface area contributed by atoms with Gasteiger partial charge in [0.1, 0.15) is 11.6 Å². The van der Waals surface area contributed by atoms with E-state index >= 15 is 0 Å². The summed E-state index contributed by atoms with van der Waals surface area (Å²) in [7, 11) is 0. The number of para-hydroxylation sites is 1. The highest BCUT2D eigenvalue weighted by Crippen LogP contribution is 2.31. The van der Waals surface area contributed by atoms with Crippen LogP contribution in [0.4, 0.5) is 8.78 Å². The van der Waals surface area contributed by atoms with Crippen molar-refractivity contribution in [3.63, 3.8) is 0 Å². The molecule has 108 valence electrons. The standard InChI is InChI=1S/C15H12F2N2S2/c16-9-5-6-10(11(17)7-9)12(18)8-20-15-19-13-3-1-2-4-14(13)21-15/h1-7,12H,8,18H2. The van der Waals surface area contributed by atoms with Crippen molar-refractivity contribution >= 4 is 33.3 Å². The Labute approximate surface area is 129 Å². The van der Waals surface area contributed by atoms with E-state index in [-0.39, 0.29) is 0 Å². The van der Waals surface area contributed by atoms with Gasteiger partial charge >= 0.3 is 0 Å². The molecular formula is C15H12F2N2S2. The van der Waals surface area contributed by atoms with Crippen molar-refractivity contribution in [3.8, 4) is 0 Å². The van der Waals surface area contributed by atoms with Crippen LogP contribution in [-0.4, -0.2) is 10.7 Å². The fourth-order valence-electron chi connectivity index (χ4n) is 1.97. The van der Waals surface area contributed by atoms with Gasteiger partial charge in [-0.2, -0.15) is 0 Å². The first-order valence-electron chi connectivity index (χ1n) is 6.32. The summed E-state index contributed by atoms with van der Waals surface area (Å²) in [6.45, 7) is 0. The molecule has 1 atom stereocenters. The molecule has 0 saturated carbocycles. The number of benzene rings is 2. The largest absolute Gasteiger partial charge is 0.323 e. The number of thioether (sulfide) groups is 1. The van der Waals surface area contributed by atoms with Crippen molar-refractivity contribution in [1.82, 2.24) is 4.98 Å². The lowest BCUT2D eigenvalue weighted by atomic mass is 10.1. The molecule has 1 heterocycles. The smallest absolute Gasteiger partial charge is 0.151 e. The monoisotopic (exact) mass is 322 g/mol. The van der Waals surface area contributed by atoms with E-state index in [2.05, 4.69) is 4.98 Å². The summed E-state index contributed by atoms with van der Waals surface area (Å²) in [6, 6.07) is 10.9. The number of fused-ring (bicyclic) bond motifs is 1. The van der Waals surface area contributed by atoms with E-state index in [1.54, 1.807) is 11.3 Å². The van der Waals surface area contributed by atoms with Gasteiger partial charge in [0, 0.05) is 23.4 Å². The highest BCUT2D eigenvalue weighted by Gasteiger charge is 2.14. The van der Waals surface area contributed by atoms with E-state index in [0.29, 0.717) is 11.3 Å². The van der Waals surface area contributed by atoms with Crippen LogP contribution in [-0.2, 0) is 0 Å². The molecule has 6 heteroatoms. The van der Waals surface area contributed by atoms with Gasteiger partial charge in [-0.3, -0.25) is 0 Å². The highest BCUT2D eigenvalue weighted by atomic mass is 32.2. The van der Waals surface area contributed by atoms with E-state index < -0.39 is 17.7 Å². The zero-order valence-electron chi connectivity index (χ0n) is 10.9. The van der Waals surface area contributed by atoms with Crippen LogP contribution in [0.1, 0.15) is 11.6 Å². The van der Waals surface area contributed by atoms with Gasteiger partial charge in [0.2, 0.25) is 0 Å². The summed E-state index contributed by atoms with van der Waals surface area (Å²) in [4.78, 5) is 4.49. The zero-order chi connectivity index (χ0) is 14.8. The normalized spacial score (nSPS) is 12.7. The van der Waals surface area contributed by atoms with E-state index in [1.807, 2.05) is 24.3 Å². The van der Waals surface area contributed by atoms with Gasteiger partial charge in [0.05, 0.1) is 10.2 Å². The Balaban J connectivity index is 1.71. The fourth-order valence-corrected chi connectivity index (χ4v) is 4.04. The van der Waals surface area contributed by atoms with Crippen molar-refractivity contribution in [2.24, 2.45) is 5.73 Å². The van der Waals surface area contributed by atoms with Crippen LogP contribution in [0, 0.1) is 11.6 Å². The minimum absolute atomic E-state index is 0.324. The summed E-state index contributed by atoms with van der Waals surface area (Å²) in [6.07, 6.45) is 0. The molecule has 0 fully saturated rings. The molecule has 0 spiro atoms. The van der Waals surface area contributed by atoms with Crippen LogP contribution in [0.3, 0.4) is 0 Å². The summed E-state index contributed by atoms with van der Waals surface area (Å²) in [5.41, 5.74) is 7.26. The van der Waals surface area contributed by atoms with Crippen molar-refractivity contribution < 1.29 is 8.78 Å². The predicted octanol–water partition coefficient (Wildman–Crippen LogP) is 4.37. The van der Waals surface area contributed by atoms with Crippen LogP contribution >= 0.6 is 23.1 Å². The van der Waals surface area contributed by atoms with Gasteiger partial charge in [-0.15, -0.1) is 11.3 Å². The van der Waals surface area contributed by atoms with E-state index in [1.165, 1.54) is 23.9 Å². The van der Waals surface area contributed by atoms with E-state index in [4.69, 9.17) is 5.73 Å². The third kappa shape index (κ3) is 3.23. The van der Waals surface area contributed by atoms with Gasteiger partial charge in [-0.25, -0.2) is 13.8 Å². The molecule has 0 saturated heterocycles. The Morgan fingerprint density at radius 3 is 2.76 bits per heavy atom. The first-order chi connectivity index (χ1) is 10.1. The molecule has 2 aromatic carbocycles. The Morgan fingerprint density at radius 2 is 2.00 bits per heavy atom. The number of hydrogen-bond donors (Lipinski definition) is 1. The molecule has 0 aliphatic rings. The molecule has 2 nitrogen and oxygen atoms in total. The topological polar surface area (TPSA) is 38.9 Å². The molecule has 0 aliphatic carbocycles. The van der Waals surface area contributed by atoms with Crippen LogP contribution in [0.2, 0.25) is 0 Å². The molecule has 1 aromatic heterocycles. The number of thiazole rings is 1. The third-order valence-electron chi connectivity index (χ3n) is 3.02. The van der Waals surface area contributed by atoms with Gasteiger partial charge in [-0.05, 0) is 18.2 Å². The number of aromatic nitrogens is 1. The summed E-state index contributed by atoms with van der Waals surface area (Å²) in [5.74, 6) is -0.711. The molecule has 0 amide bonds. The number of hydrogen-bond acceptors (Lipinski definition) is 4. The third-order valence-corrected chi connectivity index (χ3v) is 5.32. The molecule has 2 N–H and O–H groups in total. The quantitative estimate of drug-likeness (QED) is 0.725. The molecule has 3 rings (SSSR count). The van der Waals surface area contributed by atoms with Gasteiger partial charge in [0.15, 0.2) is 4.34 Å². The maximum absolute atomic E-state index is 13.7. The molecule has 0 bridgehead atoms. The van der Waals surface area contributed by atoms with Crippen LogP contribution < -0.4 is 5.73 Å². The van der Waals surface area contributed by atoms with Crippen molar-refractivity contribution in [1.29, 1.82) is 0 Å². The molecule has 3 aromatic rings. The number of rotatable bonds is 4. The summed E-state index contributed by atoms with van der Waals surface area (Å²) >= 11 is 3.07. The van der Waals surface area contributed by atoms with Gasteiger partial charge in [-0.1, -0.05) is 30.0 Å². The van der Waals surface area contributed by atoms with E-state index in [9.17, 15) is 8.78 Å². The van der Waals surface area contributed by atoms with E-state index in [0.717, 1.165) is 20.6 Å². The first kappa shape index (κ1) is 14.4. The number of nitrogens with zero attached hydrogens (tertiary/aromatic N) is 1. The molecule has 1 unspecified atom stereocenters. The van der Waals surface area contributed by atoms with Gasteiger partial charge in [0.25, 0.3) is 0 Å². The summed E-state index contributed by atoms with van der Waals surface area (Å²) in [5, 5.41) is 0. The van der Waals surface area contributed by atoms with Gasteiger partial charge < -0.3 is 5.73 Å². The Kier molecular flexibility index (Phi) is 4.19. The zero-order valence-corrected chi connectivity index (χ0v) is 12.6. The number of nitrogens with two attached hydrogens (primary N) is 1. The average molecular weight is 322 g/mol. The lowest BCUT2D eigenvalue weighted by Crippen LogP contribution is -2.14. The Morgan fingerprint density at radius 1 is 1.19 bits per heavy atom. The fraction of sp³-hybridized carbons (Fsp3) is 0.133. The first-order valence-corrected chi connectivity index (χ1v) is 8.12. The SMILES string of the molecule is NC(CSc1nc2ccccc2s1)c1ccc(F)cc1F. The molecule has 21 heavy (non-hydrogen) atoms. The average Bonchev–Trinajstić information content (AvgIpc) is 2.87. The lowest BCUT2D eigenvalue weighted by molar-refractivity contribution is 0.563. The molecular weight excluding hydrogens is 310 g/mol. The van der Waals surface area contributed by atoms with Crippen LogP contribution in [0.5, 0.6) is 0 Å². The molecule has 0 aliphatic heterocycles. The van der Waals surface area contributed by atoms with Crippen LogP contribution in [0.25, 0.3) is 10.2 Å². The molecule has 0 radical (unpaired) electrons. The Bertz CT molecular complexity index is 740. The maximum Gasteiger partial charge on any atom is 0.151 e. The number of halogens is 2. The van der Waals surface area contributed by atoms with Crippen molar-refractivity contribution in [3.05, 3.63) is 59.7 Å². The minimum Gasteiger partial charge on any atom is -0.323 e.